The van der Waals surface area contributed by atoms with Crippen LogP contribution in [0.25, 0.3) is 11.1 Å². The summed E-state index contributed by atoms with van der Waals surface area (Å²) in [6.07, 6.45) is 0.957. The molecule has 0 saturated heterocycles. The highest BCUT2D eigenvalue weighted by molar-refractivity contribution is 5.70. The molecule has 4 heteroatoms. The maximum atomic E-state index is 5.99. The molecule has 1 unspecified atom stereocenters. The Morgan fingerprint density at radius 1 is 0.714 bits per heavy atom. The van der Waals surface area contributed by atoms with Gasteiger partial charge < -0.3 is 18.9 Å². The van der Waals surface area contributed by atoms with Crippen LogP contribution in [0.1, 0.15) is 35.6 Å². The van der Waals surface area contributed by atoms with Gasteiger partial charge in [0.15, 0.2) is 0 Å². The number of benzene rings is 2. The van der Waals surface area contributed by atoms with E-state index < -0.39 is 0 Å². The fourth-order valence-corrected chi connectivity index (χ4v) is 3.34. The second kappa shape index (κ2) is 10.5. The van der Waals surface area contributed by atoms with Crippen molar-refractivity contribution in [3.63, 3.8) is 0 Å². The first-order valence-corrected chi connectivity index (χ1v) is 9.87. The molecule has 0 N–H and O–H groups in total. The molecular formula is C24H34O4. The lowest BCUT2D eigenvalue weighted by Crippen LogP contribution is -2.16. The topological polar surface area (TPSA) is 36.9 Å². The molecule has 0 spiro atoms. The molecular weight excluding hydrogens is 352 g/mol. The van der Waals surface area contributed by atoms with E-state index in [0.717, 1.165) is 40.2 Å². The number of methoxy groups -OCH3 is 2. The van der Waals surface area contributed by atoms with Gasteiger partial charge in [-0.05, 0) is 92.3 Å². The van der Waals surface area contributed by atoms with Crippen molar-refractivity contribution < 1.29 is 18.9 Å². The number of rotatable bonds is 10. The Labute approximate surface area is 169 Å². The van der Waals surface area contributed by atoms with Gasteiger partial charge in [-0.25, -0.2) is 0 Å². The van der Waals surface area contributed by atoms with Gasteiger partial charge in [-0.3, -0.25) is 0 Å². The summed E-state index contributed by atoms with van der Waals surface area (Å²) in [6, 6.07) is 8.76. The summed E-state index contributed by atoms with van der Waals surface area (Å²) in [5, 5.41) is 0. The van der Waals surface area contributed by atoms with Gasteiger partial charge >= 0.3 is 0 Å². The quantitative estimate of drug-likeness (QED) is 0.511. The molecule has 0 saturated carbocycles. The Kier molecular flexibility index (Phi) is 8.34. The van der Waals surface area contributed by atoms with Crippen LogP contribution in [0.2, 0.25) is 0 Å². The minimum atomic E-state index is 0.0696. The highest BCUT2D eigenvalue weighted by Crippen LogP contribution is 2.34. The zero-order chi connectivity index (χ0) is 20.7. The molecule has 0 aromatic heterocycles. The lowest BCUT2D eigenvalue weighted by Gasteiger charge is -2.18. The number of aryl methyl sites for hydroxylation is 4. The van der Waals surface area contributed by atoms with Crippen LogP contribution in [0.5, 0.6) is 11.5 Å². The van der Waals surface area contributed by atoms with Crippen molar-refractivity contribution in [1.29, 1.82) is 0 Å². The van der Waals surface area contributed by atoms with E-state index in [1.807, 2.05) is 6.92 Å². The Balaban J connectivity index is 2.23. The van der Waals surface area contributed by atoms with E-state index in [-0.39, 0.29) is 6.10 Å². The minimum absolute atomic E-state index is 0.0696. The lowest BCUT2D eigenvalue weighted by molar-refractivity contribution is 0.0712. The summed E-state index contributed by atoms with van der Waals surface area (Å²) in [7, 11) is 3.41. The molecule has 2 aromatic carbocycles. The molecule has 154 valence electrons. The predicted octanol–water partition coefficient (Wildman–Crippen LogP) is 5.42. The Bertz CT molecular complexity index is 736. The van der Waals surface area contributed by atoms with E-state index in [2.05, 4.69) is 52.0 Å². The number of hydrogen-bond donors (Lipinski definition) is 0. The Morgan fingerprint density at radius 3 is 1.61 bits per heavy atom. The first-order chi connectivity index (χ1) is 13.4. The van der Waals surface area contributed by atoms with Crippen LogP contribution in [-0.4, -0.2) is 40.1 Å². The summed E-state index contributed by atoms with van der Waals surface area (Å²) in [5.74, 6) is 1.92. The van der Waals surface area contributed by atoms with E-state index in [4.69, 9.17) is 18.9 Å². The summed E-state index contributed by atoms with van der Waals surface area (Å²) in [4.78, 5) is 0. The van der Waals surface area contributed by atoms with Crippen molar-refractivity contribution in [1.82, 2.24) is 0 Å². The molecule has 28 heavy (non-hydrogen) atoms. The van der Waals surface area contributed by atoms with Gasteiger partial charge in [0.2, 0.25) is 0 Å². The van der Waals surface area contributed by atoms with E-state index in [1.54, 1.807) is 14.2 Å². The van der Waals surface area contributed by atoms with Gasteiger partial charge in [-0.1, -0.05) is 0 Å². The molecule has 4 nitrogen and oxygen atoms in total. The number of hydrogen-bond acceptors (Lipinski definition) is 4. The van der Waals surface area contributed by atoms with Crippen molar-refractivity contribution in [2.75, 3.05) is 34.0 Å². The summed E-state index contributed by atoms with van der Waals surface area (Å²) < 4.78 is 22.3. The normalized spacial score (nSPS) is 12.1. The molecule has 2 rings (SSSR count). The highest BCUT2D eigenvalue weighted by atomic mass is 16.5. The van der Waals surface area contributed by atoms with Gasteiger partial charge in [0, 0.05) is 27.2 Å². The second-order valence-corrected chi connectivity index (χ2v) is 7.43. The van der Waals surface area contributed by atoms with Crippen molar-refractivity contribution in [2.24, 2.45) is 0 Å². The first-order valence-electron chi connectivity index (χ1n) is 9.87. The van der Waals surface area contributed by atoms with Crippen LogP contribution in [0.4, 0.5) is 0 Å². The molecule has 0 amide bonds. The maximum absolute atomic E-state index is 5.99. The Hall–Kier alpha value is -2.04. The van der Waals surface area contributed by atoms with Crippen molar-refractivity contribution in [3.8, 4) is 22.6 Å². The van der Waals surface area contributed by atoms with Crippen LogP contribution in [0.3, 0.4) is 0 Å². The van der Waals surface area contributed by atoms with Crippen LogP contribution in [0, 0.1) is 27.7 Å². The van der Waals surface area contributed by atoms with Gasteiger partial charge in [0.1, 0.15) is 18.1 Å². The molecule has 0 radical (unpaired) electrons. The lowest BCUT2D eigenvalue weighted by atomic mass is 9.96. The fraction of sp³-hybridized carbons (Fsp3) is 0.500. The third-order valence-electron chi connectivity index (χ3n) is 4.86. The second-order valence-electron chi connectivity index (χ2n) is 7.43. The third-order valence-corrected chi connectivity index (χ3v) is 4.86. The molecule has 0 bridgehead atoms. The summed E-state index contributed by atoms with van der Waals surface area (Å²) in [6.45, 7) is 12.3. The van der Waals surface area contributed by atoms with E-state index >= 15 is 0 Å². The predicted molar refractivity (Wildman–Crippen MR) is 115 cm³/mol. The average molecular weight is 387 g/mol. The monoisotopic (exact) mass is 386 g/mol. The average Bonchev–Trinajstić information content (AvgIpc) is 2.65. The standard InChI is InChI=1S/C24H34O4/c1-16-11-21(12-17(2)23(16)27-10-8-9-25-6)22-13-18(3)24(19(4)14-22)28-15-20(5)26-7/h11-14,20H,8-10,15H2,1-7H3. The molecule has 0 heterocycles. The van der Waals surface area contributed by atoms with Gasteiger partial charge in [0.05, 0.1) is 12.7 Å². The van der Waals surface area contributed by atoms with Gasteiger partial charge in [0.25, 0.3) is 0 Å². The van der Waals surface area contributed by atoms with Crippen LogP contribution >= 0.6 is 0 Å². The smallest absolute Gasteiger partial charge is 0.125 e. The molecule has 0 aliphatic heterocycles. The minimum Gasteiger partial charge on any atom is -0.493 e. The SMILES string of the molecule is COCCCOc1c(C)cc(-c2cc(C)c(OCC(C)OC)c(C)c2)cc1C. The van der Waals surface area contributed by atoms with Crippen molar-refractivity contribution >= 4 is 0 Å². The van der Waals surface area contributed by atoms with E-state index in [1.165, 1.54) is 11.1 Å². The number of ether oxygens (including phenoxy) is 4. The van der Waals surface area contributed by atoms with E-state index in [0.29, 0.717) is 19.8 Å². The summed E-state index contributed by atoms with van der Waals surface area (Å²) in [5.41, 5.74) is 6.96. The molecule has 0 aliphatic carbocycles. The summed E-state index contributed by atoms with van der Waals surface area (Å²) >= 11 is 0. The van der Waals surface area contributed by atoms with Crippen LogP contribution < -0.4 is 9.47 Å². The molecule has 0 fully saturated rings. The molecule has 0 aliphatic rings. The highest BCUT2D eigenvalue weighted by Gasteiger charge is 2.12. The fourth-order valence-electron chi connectivity index (χ4n) is 3.34. The maximum Gasteiger partial charge on any atom is 0.125 e. The largest absolute Gasteiger partial charge is 0.493 e. The van der Waals surface area contributed by atoms with Gasteiger partial charge in [-0.2, -0.15) is 0 Å². The molecule has 1 atom stereocenters. The van der Waals surface area contributed by atoms with Crippen molar-refractivity contribution in [3.05, 3.63) is 46.5 Å². The van der Waals surface area contributed by atoms with Crippen LogP contribution in [-0.2, 0) is 9.47 Å². The Morgan fingerprint density at radius 2 is 1.18 bits per heavy atom. The first kappa shape index (κ1) is 22.3. The van der Waals surface area contributed by atoms with Gasteiger partial charge in [-0.15, -0.1) is 0 Å². The zero-order valence-corrected chi connectivity index (χ0v) is 18.3. The zero-order valence-electron chi connectivity index (χ0n) is 18.3. The molecule has 2 aromatic rings. The van der Waals surface area contributed by atoms with E-state index in [9.17, 15) is 0 Å². The van der Waals surface area contributed by atoms with Crippen molar-refractivity contribution in [2.45, 2.75) is 47.1 Å². The van der Waals surface area contributed by atoms with Crippen LogP contribution in [0.15, 0.2) is 24.3 Å². The third kappa shape index (κ3) is 5.73.